The Bertz CT molecular complexity index is 826. The summed E-state index contributed by atoms with van der Waals surface area (Å²) in [6.45, 7) is -0.450. The van der Waals surface area contributed by atoms with Crippen LogP contribution in [0.1, 0.15) is 51.4 Å². The number of hydrogen-bond donors (Lipinski definition) is 3. The largest absolute Gasteiger partial charge is 0.480 e. The van der Waals surface area contributed by atoms with Gasteiger partial charge in [0.05, 0.1) is 0 Å². The lowest BCUT2D eigenvalue weighted by Crippen LogP contribution is -2.29. The Hall–Kier alpha value is -3.16. The van der Waals surface area contributed by atoms with Gasteiger partial charge in [-0.3, -0.25) is 14.4 Å². The van der Waals surface area contributed by atoms with Crippen LogP contribution in [-0.4, -0.2) is 34.6 Å². The number of rotatable bonds is 5. The number of carboxylic acid groups (broad SMARTS) is 1. The van der Waals surface area contributed by atoms with Crippen molar-refractivity contribution in [2.24, 2.45) is 0 Å². The van der Waals surface area contributed by atoms with Crippen molar-refractivity contribution >= 4 is 23.5 Å². The molecule has 1 aliphatic carbocycles. The number of amides is 2. The minimum atomic E-state index is -1.12. The topological polar surface area (TPSA) is 122 Å². The molecule has 0 saturated carbocycles. The number of hydrogen-bond acceptors (Lipinski definition) is 5. The Morgan fingerprint density at radius 1 is 1.04 bits per heavy atom. The maximum atomic E-state index is 12.5. The van der Waals surface area contributed by atoms with E-state index in [0.717, 1.165) is 43.4 Å². The van der Waals surface area contributed by atoms with E-state index in [0.29, 0.717) is 16.9 Å². The van der Waals surface area contributed by atoms with Gasteiger partial charge in [-0.15, -0.1) is 0 Å². The van der Waals surface area contributed by atoms with E-state index in [-0.39, 0.29) is 5.91 Å². The first kappa shape index (κ1) is 17.7. The molecule has 1 heterocycles. The number of carbonyl (C=O) groups excluding carboxylic acids is 2. The summed E-state index contributed by atoms with van der Waals surface area (Å²) in [5.41, 5.74) is 2.00. The smallest absolute Gasteiger partial charge is 0.322 e. The second-order valence-corrected chi connectivity index (χ2v) is 6.10. The molecule has 136 valence electrons. The molecule has 1 aliphatic rings. The number of fused-ring (bicyclic) bond motifs is 1. The van der Waals surface area contributed by atoms with Crippen molar-refractivity contribution in [1.29, 1.82) is 0 Å². The van der Waals surface area contributed by atoms with Crippen LogP contribution in [0.25, 0.3) is 0 Å². The van der Waals surface area contributed by atoms with Gasteiger partial charge in [-0.05, 0) is 43.5 Å². The van der Waals surface area contributed by atoms with Crippen molar-refractivity contribution in [3.8, 4) is 0 Å². The second kappa shape index (κ2) is 7.81. The highest BCUT2D eigenvalue weighted by atomic mass is 16.5. The predicted octanol–water partition coefficient (Wildman–Crippen LogP) is 2.01. The molecule has 0 unspecified atom stereocenters. The summed E-state index contributed by atoms with van der Waals surface area (Å²) in [5, 5.41) is 17.5. The number of aryl methyl sites for hydroxylation is 1. The third kappa shape index (κ3) is 4.08. The Morgan fingerprint density at radius 3 is 2.50 bits per heavy atom. The van der Waals surface area contributed by atoms with Gasteiger partial charge in [-0.1, -0.05) is 11.6 Å². The third-order valence-electron chi connectivity index (χ3n) is 4.22. The van der Waals surface area contributed by atoms with Gasteiger partial charge in [0.15, 0.2) is 5.69 Å². The molecule has 26 heavy (non-hydrogen) atoms. The Balaban J connectivity index is 1.66. The van der Waals surface area contributed by atoms with Crippen LogP contribution in [0, 0.1) is 0 Å². The molecule has 2 amide bonds. The van der Waals surface area contributed by atoms with Crippen molar-refractivity contribution in [3.05, 3.63) is 46.8 Å². The number of carbonyl (C=O) groups is 3. The minimum absolute atomic E-state index is 0.305. The van der Waals surface area contributed by atoms with Crippen molar-refractivity contribution in [2.45, 2.75) is 32.1 Å². The average Bonchev–Trinajstić information content (AvgIpc) is 2.89. The van der Waals surface area contributed by atoms with E-state index in [1.165, 1.54) is 12.1 Å². The lowest BCUT2D eigenvalue weighted by molar-refractivity contribution is -0.135. The van der Waals surface area contributed by atoms with E-state index in [4.69, 9.17) is 9.63 Å². The molecule has 0 spiro atoms. The monoisotopic (exact) mass is 357 g/mol. The molecule has 0 saturated heterocycles. The van der Waals surface area contributed by atoms with E-state index in [2.05, 4.69) is 15.8 Å². The Labute approximate surface area is 149 Å². The van der Waals surface area contributed by atoms with Crippen LogP contribution in [0.5, 0.6) is 0 Å². The van der Waals surface area contributed by atoms with Gasteiger partial charge >= 0.3 is 5.97 Å². The summed E-state index contributed by atoms with van der Waals surface area (Å²) in [4.78, 5) is 34.7. The van der Waals surface area contributed by atoms with Crippen molar-refractivity contribution < 1.29 is 24.0 Å². The molecule has 3 rings (SSSR count). The Morgan fingerprint density at radius 2 is 1.77 bits per heavy atom. The molecule has 0 atom stereocenters. The highest BCUT2D eigenvalue weighted by Crippen LogP contribution is 2.24. The molecule has 8 heteroatoms. The summed E-state index contributed by atoms with van der Waals surface area (Å²) in [7, 11) is 0. The normalized spacial score (nSPS) is 13.4. The van der Waals surface area contributed by atoms with Crippen LogP contribution in [0.4, 0.5) is 5.69 Å². The molecule has 1 aromatic carbocycles. The average molecular weight is 357 g/mol. The predicted molar refractivity (Wildman–Crippen MR) is 92.1 cm³/mol. The maximum Gasteiger partial charge on any atom is 0.322 e. The van der Waals surface area contributed by atoms with Crippen molar-refractivity contribution in [1.82, 2.24) is 10.5 Å². The molecule has 2 aromatic rings. The van der Waals surface area contributed by atoms with E-state index in [9.17, 15) is 14.4 Å². The maximum absolute atomic E-state index is 12.5. The summed E-state index contributed by atoms with van der Waals surface area (Å²) >= 11 is 0. The number of anilines is 1. The molecule has 0 aliphatic heterocycles. The van der Waals surface area contributed by atoms with Crippen LogP contribution < -0.4 is 10.6 Å². The molecule has 3 N–H and O–H groups in total. The van der Waals surface area contributed by atoms with Crippen LogP contribution in [0.3, 0.4) is 0 Å². The first-order valence-electron chi connectivity index (χ1n) is 8.43. The third-order valence-corrected chi connectivity index (χ3v) is 4.22. The number of benzene rings is 1. The van der Waals surface area contributed by atoms with Crippen molar-refractivity contribution in [3.63, 3.8) is 0 Å². The van der Waals surface area contributed by atoms with Gasteiger partial charge in [-0.2, -0.15) is 0 Å². The molecular formula is C18H19N3O5. The van der Waals surface area contributed by atoms with Gasteiger partial charge in [0.2, 0.25) is 0 Å². The number of nitrogens with one attached hydrogen (secondary N) is 2. The molecule has 0 bridgehead atoms. The van der Waals surface area contributed by atoms with Gasteiger partial charge in [0.1, 0.15) is 12.3 Å². The second-order valence-electron chi connectivity index (χ2n) is 6.10. The van der Waals surface area contributed by atoms with Crippen LogP contribution in [0.2, 0.25) is 0 Å². The Kier molecular flexibility index (Phi) is 5.31. The van der Waals surface area contributed by atoms with Gasteiger partial charge in [0, 0.05) is 23.2 Å². The summed E-state index contributed by atoms with van der Waals surface area (Å²) in [6, 6.07) is 6.17. The molecule has 0 radical (unpaired) electrons. The van der Waals surface area contributed by atoms with E-state index in [1.54, 1.807) is 12.1 Å². The fourth-order valence-electron chi connectivity index (χ4n) is 2.89. The summed E-state index contributed by atoms with van der Waals surface area (Å²) in [5.74, 6) is -1.17. The van der Waals surface area contributed by atoms with Gasteiger partial charge in [-0.25, -0.2) is 0 Å². The lowest BCUT2D eigenvalue weighted by Gasteiger charge is -2.06. The van der Waals surface area contributed by atoms with Gasteiger partial charge in [0.25, 0.3) is 11.8 Å². The fourth-order valence-corrected chi connectivity index (χ4v) is 2.89. The number of nitrogens with zero attached hydrogens (tertiary/aromatic N) is 1. The molecule has 8 nitrogen and oxygen atoms in total. The fraction of sp³-hybridized carbons (Fsp3) is 0.333. The summed E-state index contributed by atoms with van der Waals surface area (Å²) < 4.78 is 5.31. The van der Waals surface area contributed by atoms with Gasteiger partial charge < -0.3 is 20.3 Å². The SMILES string of the molecule is O=C(O)CNC(=O)c1ccc(NC(=O)c2noc3c2CCCCC3)cc1. The minimum Gasteiger partial charge on any atom is -0.480 e. The first-order valence-corrected chi connectivity index (χ1v) is 8.43. The van der Waals surface area contributed by atoms with E-state index in [1.807, 2.05) is 0 Å². The van der Waals surface area contributed by atoms with Crippen LogP contribution in [-0.2, 0) is 17.6 Å². The zero-order valence-electron chi connectivity index (χ0n) is 14.1. The molecule has 1 aromatic heterocycles. The first-order chi connectivity index (χ1) is 12.5. The number of carboxylic acids is 1. The standard InChI is InChI=1S/C18H19N3O5/c22-15(23)10-19-17(24)11-6-8-12(9-7-11)20-18(25)16-13-4-2-1-3-5-14(13)26-21-16/h6-9H,1-5,10H2,(H,19,24)(H,20,25)(H,22,23). The number of aliphatic carboxylic acids is 1. The van der Waals surface area contributed by atoms with Crippen LogP contribution >= 0.6 is 0 Å². The lowest BCUT2D eigenvalue weighted by atomic mass is 10.1. The van der Waals surface area contributed by atoms with E-state index < -0.39 is 18.4 Å². The highest BCUT2D eigenvalue weighted by Gasteiger charge is 2.23. The highest BCUT2D eigenvalue weighted by molar-refractivity contribution is 6.04. The summed E-state index contributed by atoms with van der Waals surface area (Å²) in [6.07, 6.45) is 4.74. The number of aromatic nitrogens is 1. The zero-order valence-corrected chi connectivity index (χ0v) is 14.1. The van der Waals surface area contributed by atoms with Crippen molar-refractivity contribution in [2.75, 3.05) is 11.9 Å². The molecular weight excluding hydrogens is 338 g/mol. The van der Waals surface area contributed by atoms with E-state index >= 15 is 0 Å². The zero-order chi connectivity index (χ0) is 18.5. The van der Waals surface area contributed by atoms with Crippen LogP contribution in [0.15, 0.2) is 28.8 Å². The molecule has 0 fully saturated rings. The quantitative estimate of drug-likeness (QED) is 0.704.